The minimum absolute atomic E-state index is 0.141. The Kier molecular flexibility index (Phi) is 5.05. The molecule has 1 aromatic rings. The van der Waals surface area contributed by atoms with Crippen LogP contribution in [-0.4, -0.2) is 47.3 Å². The number of hydrogen-bond acceptors (Lipinski definition) is 3. The summed E-state index contributed by atoms with van der Waals surface area (Å²) in [5.41, 5.74) is 0.915. The molecule has 0 spiro atoms. The normalized spacial score (nSPS) is 19.2. The van der Waals surface area contributed by atoms with Crippen LogP contribution in [0.1, 0.15) is 30.4 Å². The van der Waals surface area contributed by atoms with Crippen LogP contribution in [0.15, 0.2) is 6.20 Å². The van der Waals surface area contributed by atoms with Crippen LogP contribution >= 0.6 is 0 Å². The second kappa shape index (κ2) is 6.61. The summed E-state index contributed by atoms with van der Waals surface area (Å²) in [7, 11) is -1.06. The molecule has 1 aliphatic rings. The van der Waals surface area contributed by atoms with Gasteiger partial charge < -0.3 is 14.8 Å². The zero-order chi connectivity index (χ0) is 15.5. The SMILES string of the molecule is C[Si](C)(C)CCOCc1cnc(C2CCCN2C(=O)O)[nH]1. The highest BCUT2D eigenvalue weighted by atomic mass is 28.3. The van der Waals surface area contributed by atoms with Gasteiger partial charge in [0.25, 0.3) is 0 Å². The summed E-state index contributed by atoms with van der Waals surface area (Å²) < 4.78 is 5.68. The number of aromatic amines is 1. The summed E-state index contributed by atoms with van der Waals surface area (Å²) in [5, 5.41) is 9.16. The molecule has 0 aromatic carbocycles. The van der Waals surface area contributed by atoms with Crippen molar-refractivity contribution in [2.45, 2.75) is 51.2 Å². The number of ether oxygens (including phenoxy) is 1. The zero-order valence-corrected chi connectivity index (χ0v) is 14.1. The molecule has 0 bridgehead atoms. The van der Waals surface area contributed by atoms with Crippen molar-refractivity contribution >= 4 is 14.2 Å². The van der Waals surface area contributed by atoms with Crippen molar-refractivity contribution in [3.05, 3.63) is 17.7 Å². The number of aromatic nitrogens is 2. The van der Waals surface area contributed by atoms with E-state index in [1.54, 1.807) is 6.20 Å². The van der Waals surface area contributed by atoms with Crippen LogP contribution < -0.4 is 0 Å². The molecule has 21 heavy (non-hydrogen) atoms. The highest BCUT2D eigenvalue weighted by Crippen LogP contribution is 2.29. The number of hydrogen-bond donors (Lipinski definition) is 2. The fraction of sp³-hybridized carbons (Fsp3) is 0.714. The van der Waals surface area contributed by atoms with Gasteiger partial charge in [-0.2, -0.15) is 0 Å². The van der Waals surface area contributed by atoms with Gasteiger partial charge in [-0.15, -0.1) is 0 Å². The van der Waals surface area contributed by atoms with E-state index in [1.807, 2.05) is 0 Å². The molecule has 0 radical (unpaired) electrons. The first-order chi connectivity index (χ1) is 9.87. The van der Waals surface area contributed by atoms with Crippen molar-refractivity contribution in [2.24, 2.45) is 0 Å². The average Bonchev–Trinajstić information content (AvgIpc) is 3.01. The van der Waals surface area contributed by atoms with Gasteiger partial charge in [-0.05, 0) is 18.9 Å². The van der Waals surface area contributed by atoms with Crippen LogP contribution in [0, 0.1) is 0 Å². The lowest BCUT2D eigenvalue weighted by Gasteiger charge is -2.19. The van der Waals surface area contributed by atoms with E-state index >= 15 is 0 Å². The fourth-order valence-corrected chi connectivity index (χ4v) is 3.22. The Hall–Kier alpha value is -1.34. The van der Waals surface area contributed by atoms with Gasteiger partial charge in [-0.3, -0.25) is 4.90 Å². The molecule has 1 aliphatic heterocycles. The molecule has 1 atom stereocenters. The van der Waals surface area contributed by atoms with Gasteiger partial charge in [0.2, 0.25) is 0 Å². The minimum Gasteiger partial charge on any atom is -0.465 e. The highest BCUT2D eigenvalue weighted by molar-refractivity contribution is 6.76. The first kappa shape index (κ1) is 16.0. The Morgan fingerprint density at radius 3 is 3.00 bits per heavy atom. The van der Waals surface area contributed by atoms with Gasteiger partial charge in [0.1, 0.15) is 5.82 Å². The molecule has 2 rings (SSSR count). The first-order valence-corrected chi connectivity index (χ1v) is 11.2. The third-order valence-electron chi connectivity index (χ3n) is 3.72. The van der Waals surface area contributed by atoms with Gasteiger partial charge >= 0.3 is 6.09 Å². The predicted molar refractivity (Wildman–Crippen MR) is 83.1 cm³/mol. The van der Waals surface area contributed by atoms with Gasteiger partial charge in [-0.25, -0.2) is 9.78 Å². The van der Waals surface area contributed by atoms with Crippen LogP contribution in [0.4, 0.5) is 4.79 Å². The Morgan fingerprint density at radius 2 is 2.33 bits per heavy atom. The summed E-state index contributed by atoms with van der Waals surface area (Å²) in [4.78, 5) is 20.1. The molecule has 7 heteroatoms. The van der Waals surface area contributed by atoms with E-state index in [4.69, 9.17) is 9.84 Å². The monoisotopic (exact) mass is 311 g/mol. The van der Waals surface area contributed by atoms with Crippen molar-refractivity contribution in [3.63, 3.8) is 0 Å². The molecule has 2 N–H and O–H groups in total. The van der Waals surface area contributed by atoms with Crippen LogP contribution in [0.5, 0.6) is 0 Å². The first-order valence-electron chi connectivity index (χ1n) is 7.48. The number of H-pyrrole nitrogens is 1. The Morgan fingerprint density at radius 1 is 1.57 bits per heavy atom. The lowest BCUT2D eigenvalue weighted by atomic mass is 10.2. The molecule has 0 saturated carbocycles. The third kappa shape index (κ3) is 4.57. The minimum atomic E-state index is -1.06. The molecule has 1 fully saturated rings. The van der Waals surface area contributed by atoms with Crippen LogP contribution in [-0.2, 0) is 11.3 Å². The van der Waals surface area contributed by atoms with Crippen molar-refractivity contribution in [3.8, 4) is 0 Å². The zero-order valence-electron chi connectivity index (χ0n) is 13.1. The largest absolute Gasteiger partial charge is 0.465 e. The van der Waals surface area contributed by atoms with Crippen molar-refractivity contribution < 1.29 is 14.6 Å². The third-order valence-corrected chi connectivity index (χ3v) is 5.42. The molecule has 1 unspecified atom stereocenters. The van der Waals surface area contributed by atoms with E-state index in [2.05, 4.69) is 29.6 Å². The van der Waals surface area contributed by atoms with Gasteiger partial charge in [-0.1, -0.05) is 19.6 Å². The maximum atomic E-state index is 11.2. The number of amides is 1. The molecular weight excluding hydrogens is 286 g/mol. The van der Waals surface area contributed by atoms with E-state index in [9.17, 15) is 4.79 Å². The number of carboxylic acid groups (broad SMARTS) is 1. The Labute approximate surface area is 126 Å². The molecule has 1 saturated heterocycles. The Bertz CT molecular complexity index is 484. The number of imidazole rings is 1. The second-order valence-electron chi connectivity index (χ2n) is 6.79. The Balaban J connectivity index is 1.85. The van der Waals surface area contributed by atoms with Crippen molar-refractivity contribution in [1.82, 2.24) is 14.9 Å². The second-order valence-corrected chi connectivity index (χ2v) is 12.4. The molecule has 1 aromatic heterocycles. The summed E-state index contributed by atoms with van der Waals surface area (Å²) in [5.74, 6) is 0.735. The maximum Gasteiger partial charge on any atom is 0.407 e. The van der Waals surface area contributed by atoms with Crippen LogP contribution in [0.25, 0.3) is 0 Å². The predicted octanol–water partition coefficient (Wildman–Crippen LogP) is 3.08. The van der Waals surface area contributed by atoms with Crippen LogP contribution in [0.3, 0.4) is 0 Å². The number of rotatable bonds is 6. The van der Waals surface area contributed by atoms with E-state index < -0.39 is 14.2 Å². The molecule has 2 heterocycles. The number of nitrogens with zero attached hydrogens (tertiary/aromatic N) is 2. The van der Waals surface area contributed by atoms with Crippen molar-refractivity contribution in [1.29, 1.82) is 0 Å². The summed E-state index contributed by atoms with van der Waals surface area (Å²) in [6, 6.07) is 1.00. The van der Waals surface area contributed by atoms with E-state index in [1.165, 1.54) is 4.90 Å². The lowest BCUT2D eigenvalue weighted by Crippen LogP contribution is -2.29. The van der Waals surface area contributed by atoms with Gasteiger partial charge in [0, 0.05) is 21.2 Å². The number of carbonyl (C=O) groups is 1. The van der Waals surface area contributed by atoms with Crippen LogP contribution in [0.2, 0.25) is 25.7 Å². The quantitative estimate of drug-likeness (QED) is 0.625. The summed E-state index contributed by atoms with van der Waals surface area (Å²) in [6.45, 7) is 8.84. The average molecular weight is 311 g/mol. The molecule has 6 nitrogen and oxygen atoms in total. The van der Waals surface area contributed by atoms with Crippen molar-refractivity contribution in [2.75, 3.05) is 13.2 Å². The molecular formula is C14H25N3O3Si. The molecule has 0 aliphatic carbocycles. The van der Waals surface area contributed by atoms with Gasteiger partial charge in [0.05, 0.1) is 24.5 Å². The summed E-state index contributed by atoms with van der Waals surface area (Å²) in [6.07, 6.45) is 2.60. The number of nitrogens with one attached hydrogen (secondary N) is 1. The van der Waals surface area contributed by atoms with E-state index in [-0.39, 0.29) is 6.04 Å². The van der Waals surface area contributed by atoms with E-state index in [0.29, 0.717) is 13.2 Å². The number of likely N-dealkylation sites (tertiary alicyclic amines) is 1. The molecule has 1 amide bonds. The summed E-state index contributed by atoms with van der Waals surface area (Å²) >= 11 is 0. The van der Waals surface area contributed by atoms with E-state index in [0.717, 1.165) is 37.0 Å². The lowest BCUT2D eigenvalue weighted by molar-refractivity contribution is 0.130. The molecule has 118 valence electrons. The fourth-order valence-electron chi connectivity index (χ4n) is 2.46. The smallest absolute Gasteiger partial charge is 0.407 e. The topological polar surface area (TPSA) is 78.4 Å². The van der Waals surface area contributed by atoms with Gasteiger partial charge in [0.15, 0.2) is 0 Å². The maximum absolute atomic E-state index is 11.2. The standard InChI is InChI=1S/C14H25N3O3Si/c1-21(2,3)8-7-20-10-11-9-15-13(16-11)12-5-4-6-17(12)14(18)19/h9,12H,4-8,10H2,1-3H3,(H,15,16)(H,18,19). The highest BCUT2D eigenvalue weighted by Gasteiger charge is 2.31.